The van der Waals surface area contributed by atoms with E-state index in [-0.39, 0.29) is 0 Å². The van der Waals surface area contributed by atoms with E-state index in [4.69, 9.17) is 10.5 Å². The maximum absolute atomic E-state index is 5.73. The van der Waals surface area contributed by atoms with Gasteiger partial charge in [0.2, 0.25) is 0 Å². The number of anilines is 1. The first-order valence-electron chi connectivity index (χ1n) is 4.66. The number of rotatable bonds is 1. The van der Waals surface area contributed by atoms with Gasteiger partial charge in [-0.25, -0.2) is 0 Å². The lowest BCUT2D eigenvalue weighted by Crippen LogP contribution is -2.19. The Labute approximate surface area is 77.7 Å². The van der Waals surface area contributed by atoms with Crippen LogP contribution in [0.2, 0.25) is 0 Å². The van der Waals surface area contributed by atoms with Crippen LogP contribution in [0.5, 0.6) is 0 Å². The van der Waals surface area contributed by atoms with Crippen LogP contribution in [0.1, 0.15) is 24.6 Å². The standard InChI is InChI=1S/C9H15N3O/c1-7-9(10)6-12(11-7)8-2-4-13-5-3-8/h6,8H,2-5,10H2,1H3. The van der Waals surface area contributed by atoms with Gasteiger partial charge in [-0.2, -0.15) is 5.10 Å². The SMILES string of the molecule is Cc1nn(C2CCOCC2)cc1N. The van der Waals surface area contributed by atoms with Gasteiger partial charge in [-0.15, -0.1) is 0 Å². The lowest BCUT2D eigenvalue weighted by Gasteiger charge is -2.22. The first-order chi connectivity index (χ1) is 6.27. The first kappa shape index (κ1) is 8.56. The molecule has 0 bridgehead atoms. The van der Waals surface area contributed by atoms with E-state index in [1.54, 1.807) is 0 Å². The summed E-state index contributed by atoms with van der Waals surface area (Å²) in [5, 5.41) is 4.37. The zero-order chi connectivity index (χ0) is 9.26. The van der Waals surface area contributed by atoms with E-state index < -0.39 is 0 Å². The number of nitrogens with two attached hydrogens (primary N) is 1. The number of nitrogens with zero attached hydrogens (tertiary/aromatic N) is 2. The van der Waals surface area contributed by atoms with Gasteiger partial charge in [0.15, 0.2) is 0 Å². The number of nitrogen functional groups attached to an aromatic ring is 1. The van der Waals surface area contributed by atoms with Gasteiger partial charge in [0.05, 0.1) is 17.4 Å². The molecule has 2 rings (SSSR count). The van der Waals surface area contributed by atoms with Crippen LogP contribution in [0, 0.1) is 6.92 Å². The molecule has 1 saturated heterocycles. The summed E-state index contributed by atoms with van der Waals surface area (Å²) in [6.45, 7) is 3.61. The molecular formula is C9H15N3O. The highest BCUT2D eigenvalue weighted by Gasteiger charge is 2.16. The minimum Gasteiger partial charge on any atom is -0.396 e. The van der Waals surface area contributed by atoms with Crippen molar-refractivity contribution >= 4 is 5.69 Å². The smallest absolute Gasteiger partial charge is 0.0823 e. The third kappa shape index (κ3) is 1.67. The molecule has 0 radical (unpaired) electrons. The molecule has 1 aromatic heterocycles. The highest BCUT2D eigenvalue weighted by Crippen LogP contribution is 2.21. The second kappa shape index (κ2) is 3.38. The summed E-state index contributed by atoms with van der Waals surface area (Å²) >= 11 is 0. The topological polar surface area (TPSA) is 53.1 Å². The zero-order valence-electron chi connectivity index (χ0n) is 7.86. The van der Waals surface area contributed by atoms with Crippen LogP contribution in [0.3, 0.4) is 0 Å². The zero-order valence-corrected chi connectivity index (χ0v) is 7.86. The molecule has 1 fully saturated rings. The molecule has 72 valence electrons. The Hall–Kier alpha value is -1.03. The average molecular weight is 181 g/mol. The minimum absolute atomic E-state index is 0.477. The second-order valence-electron chi connectivity index (χ2n) is 3.49. The lowest BCUT2D eigenvalue weighted by molar-refractivity contribution is 0.0662. The van der Waals surface area contributed by atoms with Crippen molar-refractivity contribution in [2.24, 2.45) is 0 Å². The summed E-state index contributed by atoms with van der Waals surface area (Å²) in [7, 11) is 0. The summed E-state index contributed by atoms with van der Waals surface area (Å²) < 4.78 is 7.27. The summed E-state index contributed by atoms with van der Waals surface area (Å²) in [6, 6.07) is 0.477. The number of hydrogen-bond donors (Lipinski definition) is 1. The van der Waals surface area contributed by atoms with E-state index in [9.17, 15) is 0 Å². The average Bonchev–Trinajstić information content (AvgIpc) is 2.49. The van der Waals surface area contributed by atoms with Crippen LogP contribution in [0.4, 0.5) is 5.69 Å². The number of aryl methyl sites for hydroxylation is 1. The highest BCUT2D eigenvalue weighted by molar-refractivity contribution is 5.39. The molecule has 1 aliphatic rings. The number of aromatic nitrogens is 2. The van der Waals surface area contributed by atoms with Crippen LogP contribution >= 0.6 is 0 Å². The van der Waals surface area contributed by atoms with Gasteiger partial charge in [-0.3, -0.25) is 4.68 Å². The third-order valence-electron chi connectivity index (χ3n) is 2.52. The maximum atomic E-state index is 5.73. The van der Waals surface area contributed by atoms with E-state index >= 15 is 0 Å². The Morgan fingerprint density at radius 1 is 1.54 bits per heavy atom. The summed E-state index contributed by atoms with van der Waals surface area (Å²) in [4.78, 5) is 0. The molecule has 13 heavy (non-hydrogen) atoms. The molecule has 0 saturated carbocycles. The van der Waals surface area contributed by atoms with Crippen LogP contribution < -0.4 is 5.73 Å². The Morgan fingerprint density at radius 3 is 2.77 bits per heavy atom. The van der Waals surface area contributed by atoms with Crippen LogP contribution in [-0.2, 0) is 4.74 Å². The van der Waals surface area contributed by atoms with Crippen molar-refractivity contribution in [2.75, 3.05) is 18.9 Å². The quantitative estimate of drug-likeness (QED) is 0.706. The van der Waals surface area contributed by atoms with Gasteiger partial charge < -0.3 is 10.5 Å². The van der Waals surface area contributed by atoms with Gasteiger partial charge in [-0.1, -0.05) is 0 Å². The third-order valence-corrected chi connectivity index (χ3v) is 2.52. The minimum atomic E-state index is 0.477. The largest absolute Gasteiger partial charge is 0.396 e. The van der Waals surface area contributed by atoms with E-state index in [0.717, 1.165) is 37.4 Å². The molecular weight excluding hydrogens is 166 g/mol. The molecule has 0 unspecified atom stereocenters. The maximum Gasteiger partial charge on any atom is 0.0823 e. The predicted molar refractivity (Wildman–Crippen MR) is 50.5 cm³/mol. The van der Waals surface area contributed by atoms with Crippen molar-refractivity contribution in [3.8, 4) is 0 Å². The molecule has 4 nitrogen and oxygen atoms in total. The fraction of sp³-hybridized carbons (Fsp3) is 0.667. The summed E-state index contributed by atoms with van der Waals surface area (Å²) in [6.07, 6.45) is 4.01. The van der Waals surface area contributed by atoms with E-state index in [1.807, 2.05) is 17.8 Å². The van der Waals surface area contributed by atoms with Crippen molar-refractivity contribution in [1.82, 2.24) is 9.78 Å². The van der Waals surface area contributed by atoms with Crippen molar-refractivity contribution in [3.05, 3.63) is 11.9 Å². The number of ether oxygens (including phenoxy) is 1. The fourth-order valence-corrected chi connectivity index (χ4v) is 1.63. The summed E-state index contributed by atoms with van der Waals surface area (Å²) in [5.41, 5.74) is 7.44. The monoisotopic (exact) mass is 181 g/mol. The molecule has 0 amide bonds. The van der Waals surface area contributed by atoms with Gasteiger partial charge in [0.1, 0.15) is 0 Å². The van der Waals surface area contributed by atoms with Gasteiger partial charge in [-0.05, 0) is 19.8 Å². The second-order valence-corrected chi connectivity index (χ2v) is 3.49. The van der Waals surface area contributed by atoms with Crippen LogP contribution in [0.15, 0.2) is 6.20 Å². The lowest BCUT2D eigenvalue weighted by atomic mass is 10.1. The van der Waals surface area contributed by atoms with Crippen LogP contribution in [0.25, 0.3) is 0 Å². The van der Waals surface area contributed by atoms with E-state index in [2.05, 4.69) is 5.10 Å². The van der Waals surface area contributed by atoms with Crippen LogP contribution in [-0.4, -0.2) is 23.0 Å². The molecule has 4 heteroatoms. The molecule has 0 spiro atoms. The molecule has 0 aliphatic carbocycles. The Bertz CT molecular complexity index is 270. The number of hydrogen-bond acceptors (Lipinski definition) is 3. The molecule has 1 aromatic rings. The van der Waals surface area contributed by atoms with Gasteiger partial charge in [0, 0.05) is 19.4 Å². The van der Waals surface area contributed by atoms with Gasteiger partial charge >= 0.3 is 0 Å². The molecule has 1 aliphatic heterocycles. The van der Waals surface area contributed by atoms with E-state index in [1.165, 1.54) is 0 Å². The molecule has 0 atom stereocenters. The Balaban J connectivity index is 2.14. The van der Waals surface area contributed by atoms with Gasteiger partial charge in [0.25, 0.3) is 0 Å². The molecule has 2 N–H and O–H groups in total. The Morgan fingerprint density at radius 2 is 2.23 bits per heavy atom. The fourth-order valence-electron chi connectivity index (χ4n) is 1.63. The van der Waals surface area contributed by atoms with E-state index in [0.29, 0.717) is 6.04 Å². The highest BCUT2D eigenvalue weighted by atomic mass is 16.5. The van der Waals surface area contributed by atoms with Crippen molar-refractivity contribution in [3.63, 3.8) is 0 Å². The molecule has 2 heterocycles. The normalized spacial score (nSPS) is 19.2. The van der Waals surface area contributed by atoms with Crippen molar-refractivity contribution < 1.29 is 4.74 Å². The molecule has 0 aromatic carbocycles. The van der Waals surface area contributed by atoms with Crippen molar-refractivity contribution in [2.45, 2.75) is 25.8 Å². The Kier molecular flexibility index (Phi) is 2.22. The predicted octanol–water partition coefficient (Wildman–Crippen LogP) is 1.13. The summed E-state index contributed by atoms with van der Waals surface area (Å²) in [5.74, 6) is 0. The first-order valence-corrected chi connectivity index (χ1v) is 4.66. The van der Waals surface area contributed by atoms with Crippen molar-refractivity contribution in [1.29, 1.82) is 0 Å².